The highest BCUT2D eigenvalue weighted by Gasteiger charge is 2.28. The number of carbonyl (C=O) groups excluding carboxylic acids is 1. The lowest BCUT2D eigenvalue weighted by Gasteiger charge is -2.17. The summed E-state index contributed by atoms with van der Waals surface area (Å²) in [6.07, 6.45) is 1.13. The van der Waals surface area contributed by atoms with E-state index in [1.807, 2.05) is 61.2 Å². The molecule has 1 amide bonds. The Hall–Kier alpha value is -2.83. The summed E-state index contributed by atoms with van der Waals surface area (Å²) in [5.41, 5.74) is 2.03. The van der Waals surface area contributed by atoms with Crippen LogP contribution in [0.3, 0.4) is 0 Å². The molecule has 1 aromatic carbocycles. The molecule has 0 N–H and O–H groups in total. The Balaban J connectivity index is 1.54. The average Bonchev–Trinajstić information content (AvgIpc) is 3.11. The minimum Gasteiger partial charge on any atom is -0.496 e. The van der Waals surface area contributed by atoms with Crippen LogP contribution >= 0.6 is 0 Å². The molecule has 1 aliphatic heterocycles. The number of hydrogen-bond acceptors (Lipinski definition) is 6. The zero-order valence-electron chi connectivity index (χ0n) is 16.3. The normalized spacial score (nSPS) is 16.3. The molecule has 1 fully saturated rings. The number of carbonyl (C=O) groups is 1. The number of aromatic nitrogens is 2. The fourth-order valence-corrected chi connectivity index (χ4v) is 3.17. The first kappa shape index (κ1) is 18.9. The van der Waals surface area contributed by atoms with Crippen molar-refractivity contribution in [3.05, 3.63) is 41.5 Å². The number of benzene rings is 1. The van der Waals surface area contributed by atoms with Crippen LogP contribution in [0.4, 0.5) is 5.82 Å². The predicted molar refractivity (Wildman–Crippen MR) is 103 cm³/mol. The highest BCUT2D eigenvalue weighted by Crippen LogP contribution is 2.21. The van der Waals surface area contributed by atoms with Crippen LogP contribution in [0.2, 0.25) is 0 Å². The smallest absolute Gasteiger partial charge is 0.233 e. The van der Waals surface area contributed by atoms with E-state index in [0.29, 0.717) is 25.4 Å². The van der Waals surface area contributed by atoms with Crippen molar-refractivity contribution >= 4 is 11.7 Å². The Morgan fingerprint density at radius 3 is 2.70 bits per heavy atom. The van der Waals surface area contributed by atoms with Crippen molar-refractivity contribution in [2.24, 2.45) is 0 Å². The van der Waals surface area contributed by atoms with Gasteiger partial charge >= 0.3 is 0 Å². The Morgan fingerprint density at radius 1 is 1.26 bits per heavy atom. The van der Waals surface area contributed by atoms with E-state index in [9.17, 15) is 4.79 Å². The molecule has 1 aliphatic rings. The maximum Gasteiger partial charge on any atom is 0.233 e. The van der Waals surface area contributed by atoms with Gasteiger partial charge in [0.2, 0.25) is 11.8 Å². The number of methoxy groups -OCH3 is 1. The van der Waals surface area contributed by atoms with E-state index in [1.165, 1.54) is 0 Å². The van der Waals surface area contributed by atoms with E-state index >= 15 is 0 Å². The van der Waals surface area contributed by atoms with Crippen molar-refractivity contribution in [1.29, 1.82) is 0 Å². The summed E-state index contributed by atoms with van der Waals surface area (Å²) in [5, 5.41) is 8.21. The number of ether oxygens (including phenoxy) is 2. The number of rotatable bonds is 6. The summed E-state index contributed by atoms with van der Waals surface area (Å²) in [5.74, 6) is 2.22. The molecule has 2 aromatic rings. The van der Waals surface area contributed by atoms with Gasteiger partial charge in [-0.25, -0.2) is 0 Å². The van der Waals surface area contributed by atoms with Gasteiger partial charge in [-0.2, -0.15) is 0 Å². The van der Waals surface area contributed by atoms with Crippen LogP contribution in [0, 0.1) is 6.92 Å². The molecular weight excluding hydrogens is 344 g/mol. The molecule has 0 spiro atoms. The molecule has 2 heterocycles. The SMILES string of the molecule is COc1ccc(CC(=O)N2CCC(Oc3ccc(N(C)C)nn3)C2)cc1C. The van der Waals surface area contributed by atoms with Crippen LogP contribution in [-0.4, -0.2) is 61.4 Å². The first-order chi connectivity index (χ1) is 13.0. The van der Waals surface area contributed by atoms with E-state index in [0.717, 1.165) is 29.1 Å². The molecule has 27 heavy (non-hydrogen) atoms. The van der Waals surface area contributed by atoms with Crippen molar-refractivity contribution in [3.63, 3.8) is 0 Å². The first-order valence-corrected chi connectivity index (χ1v) is 9.05. The number of likely N-dealkylation sites (tertiary alicyclic amines) is 1. The maximum absolute atomic E-state index is 12.6. The Kier molecular flexibility index (Phi) is 5.78. The number of hydrogen-bond donors (Lipinski definition) is 0. The summed E-state index contributed by atoms with van der Waals surface area (Å²) in [6, 6.07) is 9.53. The van der Waals surface area contributed by atoms with Crippen LogP contribution in [0.15, 0.2) is 30.3 Å². The predicted octanol–water partition coefficient (Wildman–Crippen LogP) is 2.08. The van der Waals surface area contributed by atoms with Gasteiger partial charge in [-0.1, -0.05) is 12.1 Å². The van der Waals surface area contributed by atoms with E-state index < -0.39 is 0 Å². The molecule has 144 valence electrons. The molecule has 1 unspecified atom stereocenters. The Labute approximate surface area is 159 Å². The van der Waals surface area contributed by atoms with E-state index in [4.69, 9.17) is 9.47 Å². The van der Waals surface area contributed by atoms with Crippen LogP contribution in [0.1, 0.15) is 17.5 Å². The van der Waals surface area contributed by atoms with E-state index in [2.05, 4.69) is 10.2 Å². The quantitative estimate of drug-likeness (QED) is 0.776. The Bertz CT molecular complexity index is 792. The second-order valence-electron chi connectivity index (χ2n) is 6.97. The number of nitrogens with zero attached hydrogens (tertiary/aromatic N) is 4. The molecule has 0 bridgehead atoms. The third-order valence-corrected chi connectivity index (χ3v) is 4.68. The minimum atomic E-state index is -0.0499. The van der Waals surface area contributed by atoms with Gasteiger partial charge in [-0.3, -0.25) is 4.79 Å². The van der Waals surface area contributed by atoms with Gasteiger partial charge in [0, 0.05) is 33.1 Å². The first-order valence-electron chi connectivity index (χ1n) is 9.05. The number of anilines is 1. The van der Waals surface area contributed by atoms with Crippen molar-refractivity contribution in [3.8, 4) is 11.6 Å². The fraction of sp³-hybridized carbons (Fsp3) is 0.450. The summed E-state index contributed by atoms with van der Waals surface area (Å²) < 4.78 is 11.2. The second kappa shape index (κ2) is 8.24. The lowest BCUT2D eigenvalue weighted by molar-refractivity contribution is -0.129. The number of amides is 1. The molecule has 0 radical (unpaired) electrons. The van der Waals surface area contributed by atoms with Crippen molar-refractivity contribution in [1.82, 2.24) is 15.1 Å². The van der Waals surface area contributed by atoms with Gasteiger partial charge in [0.05, 0.1) is 20.1 Å². The molecule has 7 nitrogen and oxygen atoms in total. The third-order valence-electron chi connectivity index (χ3n) is 4.68. The minimum absolute atomic E-state index is 0.0499. The largest absolute Gasteiger partial charge is 0.496 e. The van der Waals surface area contributed by atoms with Crippen molar-refractivity contribution in [2.45, 2.75) is 25.9 Å². The summed E-state index contributed by atoms with van der Waals surface area (Å²) in [4.78, 5) is 16.3. The van der Waals surface area contributed by atoms with Gasteiger partial charge in [0.15, 0.2) is 5.82 Å². The lowest BCUT2D eigenvalue weighted by Crippen LogP contribution is -2.32. The van der Waals surface area contributed by atoms with Gasteiger partial charge in [-0.05, 0) is 30.2 Å². The second-order valence-corrected chi connectivity index (χ2v) is 6.97. The third kappa shape index (κ3) is 4.67. The molecule has 0 aliphatic carbocycles. The van der Waals surface area contributed by atoms with Gasteiger partial charge < -0.3 is 19.3 Å². The van der Waals surface area contributed by atoms with Crippen LogP contribution in [0.5, 0.6) is 11.6 Å². The summed E-state index contributed by atoms with van der Waals surface area (Å²) in [6.45, 7) is 3.25. The molecule has 1 atom stereocenters. The molecule has 0 saturated carbocycles. The zero-order valence-corrected chi connectivity index (χ0v) is 16.3. The van der Waals surface area contributed by atoms with Crippen LogP contribution < -0.4 is 14.4 Å². The lowest BCUT2D eigenvalue weighted by atomic mass is 10.1. The van der Waals surface area contributed by atoms with Crippen molar-refractivity contribution in [2.75, 3.05) is 39.2 Å². The van der Waals surface area contributed by atoms with E-state index in [-0.39, 0.29) is 12.0 Å². The molecule has 3 rings (SSSR count). The van der Waals surface area contributed by atoms with Crippen LogP contribution in [0.25, 0.3) is 0 Å². The molecule has 1 saturated heterocycles. The average molecular weight is 370 g/mol. The summed E-state index contributed by atoms with van der Waals surface area (Å²) in [7, 11) is 5.47. The van der Waals surface area contributed by atoms with Crippen LogP contribution in [-0.2, 0) is 11.2 Å². The summed E-state index contributed by atoms with van der Waals surface area (Å²) >= 11 is 0. The highest BCUT2D eigenvalue weighted by atomic mass is 16.5. The van der Waals surface area contributed by atoms with E-state index in [1.54, 1.807) is 7.11 Å². The topological polar surface area (TPSA) is 67.8 Å². The molecule has 1 aromatic heterocycles. The molecule has 7 heteroatoms. The number of aryl methyl sites for hydroxylation is 1. The zero-order chi connectivity index (χ0) is 19.4. The van der Waals surface area contributed by atoms with Gasteiger partial charge in [-0.15, -0.1) is 10.2 Å². The van der Waals surface area contributed by atoms with Gasteiger partial charge in [0.25, 0.3) is 0 Å². The van der Waals surface area contributed by atoms with Gasteiger partial charge in [0.1, 0.15) is 11.9 Å². The standard InChI is InChI=1S/C20H26N4O3/c1-14-11-15(5-6-17(14)26-4)12-20(25)24-10-9-16(13-24)27-19-8-7-18(21-22-19)23(2)3/h5-8,11,16H,9-10,12-13H2,1-4H3. The Morgan fingerprint density at radius 2 is 2.07 bits per heavy atom. The molecular formula is C20H26N4O3. The fourth-order valence-electron chi connectivity index (χ4n) is 3.17. The monoisotopic (exact) mass is 370 g/mol. The highest BCUT2D eigenvalue weighted by molar-refractivity contribution is 5.79. The maximum atomic E-state index is 12.6. The van der Waals surface area contributed by atoms with Crippen molar-refractivity contribution < 1.29 is 14.3 Å².